The van der Waals surface area contributed by atoms with Crippen molar-refractivity contribution in [1.82, 2.24) is 4.98 Å². The Bertz CT molecular complexity index is 581. The number of rotatable bonds is 2. The molecular weight excluding hydrogens is 321 g/mol. The predicted octanol–water partition coefficient (Wildman–Crippen LogP) is 4.27. The zero-order chi connectivity index (χ0) is 13.3. The third kappa shape index (κ3) is 2.57. The number of nitrogens with one attached hydrogen (secondary N) is 1. The van der Waals surface area contributed by atoms with E-state index in [1.807, 2.05) is 13.0 Å². The first-order chi connectivity index (χ1) is 8.49. The number of benzene rings is 1. The Kier molecular flexibility index (Phi) is 3.73. The average Bonchev–Trinajstić information content (AvgIpc) is 2.28. The Balaban J connectivity index is 2.43. The number of pyridine rings is 1. The zero-order valence-electron chi connectivity index (χ0n) is 9.47. The number of anilines is 3. The highest BCUT2D eigenvalue weighted by molar-refractivity contribution is 9.10. The van der Waals surface area contributed by atoms with E-state index in [0.29, 0.717) is 21.7 Å². The van der Waals surface area contributed by atoms with Gasteiger partial charge in [0.15, 0.2) is 5.82 Å². The van der Waals surface area contributed by atoms with Crippen LogP contribution in [0.4, 0.5) is 21.6 Å². The second-order valence-corrected chi connectivity index (χ2v) is 5.02. The van der Waals surface area contributed by atoms with Gasteiger partial charge in [-0.05, 0) is 46.6 Å². The third-order valence-electron chi connectivity index (χ3n) is 2.46. The van der Waals surface area contributed by atoms with Gasteiger partial charge >= 0.3 is 0 Å². The van der Waals surface area contributed by atoms with E-state index in [4.69, 9.17) is 17.3 Å². The summed E-state index contributed by atoms with van der Waals surface area (Å²) < 4.78 is 13.6. The maximum absolute atomic E-state index is 13.1. The number of hydrogen-bond acceptors (Lipinski definition) is 3. The molecule has 3 nitrogen and oxygen atoms in total. The minimum atomic E-state index is -0.414. The van der Waals surface area contributed by atoms with Gasteiger partial charge in [-0.2, -0.15) is 0 Å². The smallest absolute Gasteiger partial charge is 0.153 e. The highest BCUT2D eigenvalue weighted by atomic mass is 79.9. The van der Waals surface area contributed by atoms with Gasteiger partial charge in [0.2, 0.25) is 0 Å². The lowest BCUT2D eigenvalue weighted by Gasteiger charge is -2.12. The van der Waals surface area contributed by atoms with Gasteiger partial charge < -0.3 is 11.1 Å². The van der Waals surface area contributed by atoms with Crippen LogP contribution in [0.3, 0.4) is 0 Å². The number of nitrogen functional groups attached to an aromatic ring is 1. The van der Waals surface area contributed by atoms with E-state index in [9.17, 15) is 4.39 Å². The van der Waals surface area contributed by atoms with Crippen LogP contribution in [0.15, 0.2) is 28.9 Å². The van der Waals surface area contributed by atoms with Gasteiger partial charge in [0, 0.05) is 10.7 Å². The minimum absolute atomic E-state index is 0.254. The quantitative estimate of drug-likeness (QED) is 0.864. The lowest BCUT2D eigenvalue weighted by atomic mass is 10.2. The molecule has 18 heavy (non-hydrogen) atoms. The van der Waals surface area contributed by atoms with Crippen molar-refractivity contribution in [1.29, 1.82) is 0 Å². The standard InChI is InChI=1S/C12H10BrClFN3/c1-6-2-3-17-12(10(6)16)18-11-8(13)4-7(15)5-9(11)14/h2-5H,16H2,1H3,(H,17,18). The van der Waals surface area contributed by atoms with E-state index in [-0.39, 0.29) is 5.02 Å². The number of aromatic nitrogens is 1. The molecule has 0 bridgehead atoms. The molecule has 0 unspecified atom stereocenters. The molecule has 0 aliphatic carbocycles. The molecule has 94 valence electrons. The van der Waals surface area contributed by atoms with Gasteiger partial charge in [0.05, 0.1) is 16.4 Å². The SMILES string of the molecule is Cc1ccnc(Nc2c(Cl)cc(F)cc2Br)c1N. The van der Waals surface area contributed by atoms with E-state index in [1.54, 1.807) is 6.20 Å². The van der Waals surface area contributed by atoms with Crippen molar-refractivity contribution in [2.24, 2.45) is 0 Å². The second kappa shape index (κ2) is 5.12. The van der Waals surface area contributed by atoms with Crippen LogP contribution in [0.25, 0.3) is 0 Å². The normalized spacial score (nSPS) is 10.4. The van der Waals surface area contributed by atoms with Gasteiger partial charge in [0.1, 0.15) is 5.82 Å². The summed E-state index contributed by atoms with van der Waals surface area (Å²) in [6.45, 7) is 1.88. The van der Waals surface area contributed by atoms with E-state index in [0.717, 1.165) is 5.56 Å². The largest absolute Gasteiger partial charge is 0.396 e. The van der Waals surface area contributed by atoms with Gasteiger partial charge in [-0.15, -0.1) is 0 Å². The van der Waals surface area contributed by atoms with E-state index in [1.165, 1.54) is 12.1 Å². The molecule has 0 amide bonds. The first-order valence-electron chi connectivity index (χ1n) is 5.11. The Labute approximate surface area is 117 Å². The molecule has 1 aromatic heterocycles. The fourth-order valence-corrected chi connectivity index (χ4v) is 2.35. The topological polar surface area (TPSA) is 50.9 Å². The Morgan fingerprint density at radius 3 is 2.83 bits per heavy atom. The van der Waals surface area contributed by atoms with Crippen molar-refractivity contribution < 1.29 is 4.39 Å². The number of halogens is 3. The summed E-state index contributed by atoms with van der Waals surface area (Å²) in [5.74, 6) is 0.0757. The summed E-state index contributed by atoms with van der Waals surface area (Å²) in [6, 6.07) is 4.35. The third-order valence-corrected chi connectivity index (χ3v) is 3.38. The van der Waals surface area contributed by atoms with E-state index < -0.39 is 5.82 Å². The fraction of sp³-hybridized carbons (Fsp3) is 0.0833. The van der Waals surface area contributed by atoms with Gasteiger partial charge in [-0.25, -0.2) is 9.37 Å². The van der Waals surface area contributed by atoms with Crippen LogP contribution in [-0.2, 0) is 0 Å². The lowest BCUT2D eigenvalue weighted by Crippen LogP contribution is -2.02. The number of aryl methyl sites for hydroxylation is 1. The highest BCUT2D eigenvalue weighted by Gasteiger charge is 2.11. The molecule has 0 fully saturated rings. The summed E-state index contributed by atoms with van der Waals surface area (Å²) in [5, 5.41) is 3.25. The summed E-state index contributed by atoms with van der Waals surface area (Å²) in [7, 11) is 0. The molecule has 0 saturated heterocycles. The van der Waals surface area contributed by atoms with Crippen molar-refractivity contribution in [3.05, 3.63) is 45.3 Å². The first kappa shape index (κ1) is 13.1. The molecule has 1 aromatic carbocycles. The van der Waals surface area contributed by atoms with E-state index >= 15 is 0 Å². The van der Waals surface area contributed by atoms with Crippen LogP contribution in [0.5, 0.6) is 0 Å². The maximum atomic E-state index is 13.1. The second-order valence-electron chi connectivity index (χ2n) is 3.76. The molecule has 0 saturated carbocycles. The maximum Gasteiger partial charge on any atom is 0.153 e. The van der Waals surface area contributed by atoms with Gasteiger partial charge in [0.25, 0.3) is 0 Å². The molecule has 0 aliphatic rings. The fourth-order valence-electron chi connectivity index (χ4n) is 1.45. The van der Waals surface area contributed by atoms with Gasteiger partial charge in [-0.3, -0.25) is 0 Å². The summed E-state index contributed by atoms with van der Waals surface area (Å²) in [4.78, 5) is 4.13. The number of nitrogens with two attached hydrogens (primary N) is 1. The monoisotopic (exact) mass is 329 g/mol. The van der Waals surface area contributed by atoms with Crippen molar-refractivity contribution in [3.8, 4) is 0 Å². The Morgan fingerprint density at radius 2 is 2.17 bits per heavy atom. The summed E-state index contributed by atoms with van der Waals surface area (Å²) >= 11 is 9.22. The Hall–Kier alpha value is -1.33. The van der Waals surface area contributed by atoms with Crippen molar-refractivity contribution >= 4 is 44.7 Å². The minimum Gasteiger partial charge on any atom is -0.396 e. The molecule has 2 aromatic rings. The molecule has 6 heteroatoms. The first-order valence-corrected chi connectivity index (χ1v) is 6.29. The highest BCUT2D eigenvalue weighted by Crippen LogP contribution is 2.35. The van der Waals surface area contributed by atoms with Crippen LogP contribution in [-0.4, -0.2) is 4.98 Å². The number of hydrogen-bond donors (Lipinski definition) is 2. The van der Waals surface area contributed by atoms with E-state index in [2.05, 4.69) is 26.2 Å². The van der Waals surface area contributed by atoms with Crippen LogP contribution in [0, 0.1) is 12.7 Å². The molecule has 2 rings (SSSR count). The van der Waals surface area contributed by atoms with Crippen LogP contribution in [0.1, 0.15) is 5.56 Å². The predicted molar refractivity (Wildman–Crippen MR) is 75.8 cm³/mol. The summed E-state index contributed by atoms with van der Waals surface area (Å²) in [6.07, 6.45) is 1.64. The zero-order valence-corrected chi connectivity index (χ0v) is 11.8. The van der Waals surface area contributed by atoms with Crippen LogP contribution in [0.2, 0.25) is 5.02 Å². The van der Waals surface area contributed by atoms with Crippen molar-refractivity contribution in [2.45, 2.75) is 6.92 Å². The average molecular weight is 331 g/mol. The molecule has 0 atom stereocenters. The molecule has 0 radical (unpaired) electrons. The lowest BCUT2D eigenvalue weighted by molar-refractivity contribution is 0.627. The van der Waals surface area contributed by atoms with Crippen molar-refractivity contribution in [3.63, 3.8) is 0 Å². The molecule has 0 spiro atoms. The molecular formula is C12H10BrClFN3. The van der Waals surface area contributed by atoms with Crippen LogP contribution >= 0.6 is 27.5 Å². The molecule has 1 heterocycles. The van der Waals surface area contributed by atoms with Crippen molar-refractivity contribution in [2.75, 3.05) is 11.1 Å². The number of nitrogens with zero attached hydrogens (tertiary/aromatic N) is 1. The summed E-state index contributed by atoms with van der Waals surface area (Å²) in [5.41, 5.74) is 7.87. The molecule has 3 N–H and O–H groups in total. The van der Waals surface area contributed by atoms with Crippen LogP contribution < -0.4 is 11.1 Å². The Morgan fingerprint density at radius 1 is 1.44 bits per heavy atom. The molecule has 0 aliphatic heterocycles. The van der Waals surface area contributed by atoms with Gasteiger partial charge in [-0.1, -0.05) is 11.6 Å².